The number of aromatic nitrogens is 4. The van der Waals surface area contributed by atoms with Gasteiger partial charge in [-0.3, -0.25) is 9.36 Å². The zero-order valence-corrected chi connectivity index (χ0v) is 17.7. The van der Waals surface area contributed by atoms with Crippen molar-refractivity contribution in [3.63, 3.8) is 0 Å². The van der Waals surface area contributed by atoms with Gasteiger partial charge in [-0.05, 0) is 49.6 Å². The summed E-state index contributed by atoms with van der Waals surface area (Å²) in [6, 6.07) is 13.6. The largest absolute Gasteiger partial charge is 0.376 e. The van der Waals surface area contributed by atoms with Gasteiger partial charge in [-0.25, -0.2) is 18.7 Å². The molecule has 0 unspecified atom stereocenters. The minimum atomic E-state index is -0.509. The van der Waals surface area contributed by atoms with Crippen molar-refractivity contribution in [1.82, 2.24) is 18.7 Å². The molecule has 0 bridgehead atoms. The highest BCUT2D eigenvalue weighted by molar-refractivity contribution is 5.72. The number of fused-ring (bicyclic) bond motifs is 1. The normalized spacial score (nSPS) is 16.1. The van der Waals surface area contributed by atoms with Crippen molar-refractivity contribution in [3.05, 3.63) is 92.6 Å². The van der Waals surface area contributed by atoms with Crippen LogP contribution in [0.5, 0.6) is 0 Å². The van der Waals surface area contributed by atoms with Crippen molar-refractivity contribution < 1.29 is 9.13 Å². The van der Waals surface area contributed by atoms with Gasteiger partial charge in [0, 0.05) is 13.2 Å². The molecule has 4 aromatic rings. The smallest absolute Gasteiger partial charge is 0.337 e. The minimum Gasteiger partial charge on any atom is -0.376 e. The molecular formula is C24H23FN4O3. The van der Waals surface area contributed by atoms with Crippen LogP contribution in [0.15, 0.2) is 64.4 Å². The molecule has 1 aliphatic rings. The van der Waals surface area contributed by atoms with Crippen LogP contribution in [0.25, 0.3) is 16.9 Å². The SMILES string of the molecule is Cc1ccc(Cn2cnc3c2c(=O)n(C[C@@H]2CCCO2)c(=O)n3-c2ccc(F)cc2)cc1. The van der Waals surface area contributed by atoms with E-state index in [1.807, 2.05) is 31.2 Å². The molecule has 0 aliphatic carbocycles. The molecule has 0 N–H and O–H groups in total. The number of ether oxygens (including phenoxy) is 1. The number of rotatable bonds is 5. The van der Waals surface area contributed by atoms with Gasteiger partial charge in [-0.2, -0.15) is 0 Å². The molecule has 7 nitrogen and oxygen atoms in total. The molecule has 3 heterocycles. The van der Waals surface area contributed by atoms with Gasteiger partial charge in [0.1, 0.15) is 5.82 Å². The maximum Gasteiger partial charge on any atom is 0.337 e. The maximum absolute atomic E-state index is 13.5. The Balaban J connectivity index is 1.71. The second-order valence-corrected chi connectivity index (χ2v) is 8.18. The lowest BCUT2D eigenvalue weighted by atomic mass is 10.1. The van der Waals surface area contributed by atoms with Crippen LogP contribution in [0.3, 0.4) is 0 Å². The van der Waals surface area contributed by atoms with Gasteiger partial charge in [-0.15, -0.1) is 0 Å². The van der Waals surface area contributed by atoms with Gasteiger partial charge in [0.15, 0.2) is 11.2 Å². The predicted molar refractivity (Wildman–Crippen MR) is 119 cm³/mol. The molecule has 0 spiro atoms. The second kappa shape index (κ2) is 8.20. The predicted octanol–water partition coefficient (Wildman–Crippen LogP) is 3.02. The van der Waals surface area contributed by atoms with Crippen molar-refractivity contribution in [2.45, 2.75) is 39.0 Å². The number of imidazole rings is 1. The average Bonchev–Trinajstić information content (AvgIpc) is 3.44. The number of halogens is 1. The summed E-state index contributed by atoms with van der Waals surface area (Å²) in [6.07, 6.45) is 3.08. The van der Waals surface area contributed by atoms with E-state index in [4.69, 9.17) is 4.74 Å². The Morgan fingerprint density at radius 1 is 1.09 bits per heavy atom. The molecule has 1 aliphatic heterocycles. The van der Waals surface area contributed by atoms with Crippen molar-refractivity contribution in [2.75, 3.05) is 6.61 Å². The third-order valence-electron chi connectivity index (χ3n) is 5.87. The van der Waals surface area contributed by atoms with E-state index in [2.05, 4.69) is 4.98 Å². The maximum atomic E-state index is 13.5. The Bertz CT molecular complexity index is 1380. The molecule has 2 aromatic heterocycles. The fraction of sp³-hybridized carbons (Fsp3) is 0.292. The van der Waals surface area contributed by atoms with Crippen LogP contribution in [0.2, 0.25) is 0 Å². The van der Waals surface area contributed by atoms with Gasteiger partial charge >= 0.3 is 5.69 Å². The lowest BCUT2D eigenvalue weighted by Gasteiger charge is -2.15. The van der Waals surface area contributed by atoms with Crippen LogP contribution in [0, 0.1) is 12.7 Å². The highest BCUT2D eigenvalue weighted by Gasteiger charge is 2.23. The van der Waals surface area contributed by atoms with Crippen LogP contribution in [-0.4, -0.2) is 31.4 Å². The van der Waals surface area contributed by atoms with Gasteiger partial charge < -0.3 is 9.30 Å². The molecule has 0 saturated carbocycles. The fourth-order valence-electron chi connectivity index (χ4n) is 4.17. The number of benzene rings is 2. The summed E-state index contributed by atoms with van der Waals surface area (Å²) < 4.78 is 23.6. The first-order valence-electron chi connectivity index (χ1n) is 10.6. The Labute approximate surface area is 183 Å². The molecule has 2 aromatic carbocycles. The van der Waals surface area contributed by atoms with Crippen LogP contribution in [0.4, 0.5) is 4.39 Å². The molecule has 5 rings (SSSR count). The standard InChI is InChI=1S/C24H23FN4O3/c1-16-4-6-17(7-5-16)13-27-15-26-22-21(27)23(30)28(14-20-3-2-12-32-20)24(31)29(22)19-10-8-18(25)9-11-19/h4-11,15,20H,2-3,12-14H2,1H3/t20-/m0/s1. The topological polar surface area (TPSA) is 71.1 Å². The van der Waals surface area contributed by atoms with Gasteiger partial charge in [0.2, 0.25) is 0 Å². The molecule has 1 saturated heterocycles. The zero-order valence-electron chi connectivity index (χ0n) is 17.7. The molecule has 0 radical (unpaired) electrons. The molecule has 8 heteroatoms. The number of hydrogen-bond donors (Lipinski definition) is 0. The van der Waals surface area contributed by atoms with Crippen molar-refractivity contribution in [1.29, 1.82) is 0 Å². The molecule has 1 fully saturated rings. The summed E-state index contributed by atoms with van der Waals surface area (Å²) in [5, 5.41) is 0. The van der Waals surface area contributed by atoms with Gasteiger partial charge in [-0.1, -0.05) is 29.8 Å². The lowest BCUT2D eigenvalue weighted by molar-refractivity contribution is 0.0950. The van der Waals surface area contributed by atoms with E-state index in [0.29, 0.717) is 24.4 Å². The molecule has 1 atom stereocenters. The van der Waals surface area contributed by atoms with E-state index in [0.717, 1.165) is 24.0 Å². The van der Waals surface area contributed by atoms with E-state index in [1.165, 1.54) is 33.4 Å². The van der Waals surface area contributed by atoms with E-state index in [-0.39, 0.29) is 18.3 Å². The summed E-state index contributed by atoms with van der Waals surface area (Å²) in [5.74, 6) is -0.407. The Kier molecular flexibility index (Phi) is 5.22. The molecular weight excluding hydrogens is 411 g/mol. The first kappa shape index (κ1) is 20.4. The fourth-order valence-corrected chi connectivity index (χ4v) is 4.17. The summed E-state index contributed by atoms with van der Waals surface area (Å²) in [7, 11) is 0. The zero-order chi connectivity index (χ0) is 22.2. The van der Waals surface area contributed by atoms with Crippen LogP contribution in [-0.2, 0) is 17.8 Å². The van der Waals surface area contributed by atoms with Crippen LogP contribution in [0.1, 0.15) is 24.0 Å². The summed E-state index contributed by atoms with van der Waals surface area (Å²) in [5.41, 5.74) is 2.28. The van der Waals surface area contributed by atoms with Crippen molar-refractivity contribution in [3.8, 4) is 5.69 Å². The minimum absolute atomic E-state index is 0.171. The van der Waals surface area contributed by atoms with Crippen LogP contribution < -0.4 is 11.2 Å². The van der Waals surface area contributed by atoms with Crippen molar-refractivity contribution >= 4 is 11.2 Å². The Morgan fingerprint density at radius 3 is 2.53 bits per heavy atom. The third kappa shape index (κ3) is 3.67. The van der Waals surface area contributed by atoms with Crippen LogP contribution >= 0.6 is 0 Å². The summed E-state index contributed by atoms with van der Waals surface area (Å²) in [6.45, 7) is 3.25. The van der Waals surface area contributed by atoms with Gasteiger partial charge in [0.25, 0.3) is 5.56 Å². The molecule has 164 valence electrons. The summed E-state index contributed by atoms with van der Waals surface area (Å²) in [4.78, 5) is 31.3. The van der Waals surface area contributed by atoms with E-state index in [1.54, 1.807) is 10.9 Å². The van der Waals surface area contributed by atoms with E-state index >= 15 is 0 Å². The number of nitrogens with zero attached hydrogens (tertiary/aromatic N) is 4. The summed E-state index contributed by atoms with van der Waals surface area (Å²) >= 11 is 0. The Hall–Kier alpha value is -3.52. The first-order chi connectivity index (χ1) is 15.5. The van der Waals surface area contributed by atoms with Gasteiger partial charge in [0.05, 0.1) is 24.7 Å². The van der Waals surface area contributed by atoms with Crippen molar-refractivity contribution in [2.24, 2.45) is 0 Å². The molecule has 32 heavy (non-hydrogen) atoms. The highest BCUT2D eigenvalue weighted by Crippen LogP contribution is 2.17. The quantitative estimate of drug-likeness (QED) is 0.484. The lowest BCUT2D eigenvalue weighted by Crippen LogP contribution is -2.42. The molecule has 0 amide bonds. The average molecular weight is 434 g/mol. The first-order valence-corrected chi connectivity index (χ1v) is 10.6. The number of hydrogen-bond acceptors (Lipinski definition) is 4. The number of aryl methyl sites for hydroxylation is 1. The Morgan fingerprint density at radius 2 is 1.84 bits per heavy atom. The van der Waals surface area contributed by atoms with E-state index < -0.39 is 17.1 Å². The highest BCUT2D eigenvalue weighted by atomic mass is 19.1. The third-order valence-corrected chi connectivity index (χ3v) is 5.87. The van der Waals surface area contributed by atoms with E-state index in [9.17, 15) is 14.0 Å². The monoisotopic (exact) mass is 434 g/mol. The second-order valence-electron chi connectivity index (χ2n) is 8.18.